The summed E-state index contributed by atoms with van der Waals surface area (Å²) >= 11 is 5.82. The fourth-order valence-electron chi connectivity index (χ4n) is 1.74. The van der Waals surface area contributed by atoms with Crippen LogP contribution in [-0.2, 0) is 4.79 Å². The van der Waals surface area contributed by atoms with Gasteiger partial charge in [0.25, 0.3) is 5.91 Å². The lowest BCUT2D eigenvalue weighted by Gasteiger charge is -2.28. The number of aryl methyl sites for hydroxylation is 1. The molecule has 104 valence electrons. The first-order valence-electron chi connectivity index (χ1n) is 5.92. The summed E-state index contributed by atoms with van der Waals surface area (Å²) in [6, 6.07) is 3.92. The van der Waals surface area contributed by atoms with Crippen LogP contribution in [0.5, 0.6) is 0 Å². The van der Waals surface area contributed by atoms with Crippen LogP contribution < -0.4 is 5.32 Å². The van der Waals surface area contributed by atoms with Gasteiger partial charge < -0.3 is 10.4 Å². The van der Waals surface area contributed by atoms with Crippen molar-refractivity contribution in [3.63, 3.8) is 0 Å². The molecule has 2 N–H and O–H groups in total. The summed E-state index contributed by atoms with van der Waals surface area (Å²) < 4.78 is 0. The molecule has 5 heteroatoms. The molecule has 0 spiro atoms. The zero-order chi connectivity index (χ0) is 14.8. The molecule has 4 nitrogen and oxygen atoms in total. The third kappa shape index (κ3) is 3.96. The van der Waals surface area contributed by atoms with Gasteiger partial charge in [-0.15, -0.1) is 0 Å². The van der Waals surface area contributed by atoms with Crippen molar-refractivity contribution < 1.29 is 14.7 Å². The highest BCUT2D eigenvalue weighted by Gasteiger charge is 2.32. The summed E-state index contributed by atoms with van der Waals surface area (Å²) in [4.78, 5) is 23.3. The number of rotatable bonds is 3. The van der Waals surface area contributed by atoms with Crippen molar-refractivity contribution >= 4 is 23.5 Å². The summed E-state index contributed by atoms with van der Waals surface area (Å²) in [6.07, 6.45) is 0. The van der Waals surface area contributed by atoms with E-state index in [1.807, 2.05) is 0 Å². The van der Waals surface area contributed by atoms with Crippen LogP contribution in [0.4, 0.5) is 0 Å². The number of carbonyl (C=O) groups is 2. The lowest BCUT2D eigenvalue weighted by atomic mass is 9.86. The van der Waals surface area contributed by atoms with E-state index in [2.05, 4.69) is 5.32 Å². The number of halogens is 1. The fourth-order valence-corrected chi connectivity index (χ4v) is 1.97. The lowest BCUT2D eigenvalue weighted by molar-refractivity contribution is -0.142. The number of hydrogen-bond acceptors (Lipinski definition) is 2. The number of carbonyl (C=O) groups excluding carboxylic acids is 1. The van der Waals surface area contributed by atoms with Crippen LogP contribution >= 0.6 is 11.6 Å². The van der Waals surface area contributed by atoms with Crippen LogP contribution in [0, 0.1) is 12.3 Å². The maximum atomic E-state index is 12.1. The van der Waals surface area contributed by atoms with Gasteiger partial charge in [0.05, 0.1) is 0 Å². The minimum absolute atomic E-state index is 0.406. The molecule has 1 aromatic rings. The Morgan fingerprint density at radius 3 is 2.32 bits per heavy atom. The first-order valence-corrected chi connectivity index (χ1v) is 6.30. The van der Waals surface area contributed by atoms with E-state index in [0.717, 1.165) is 0 Å². The molecule has 0 saturated heterocycles. The van der Waals surface area contributed by atoms with Gasteiger partial charge in [0.15, 0.2) is 0 Å². The Morgan fingerprint density at radius 2 is 1.89 bits per heavy atom. The molecular formula is C14H18ClNO3. The van der Waals surface area contributed by atoms with Crippen molar-refractivity contribution in [1.82, 2.24) is 5.32 Å². The van der Waals surface area contributed by atoms with Crippen molar-refractivity contribution in [2.24, 2.45) is 5.41 Å². The summed E-state index contributed by atoms with van der Waals surface area (Å²) in [5, 5.41) is 12.3. The molecule has 1 rings (SSSR count). The van der Waals surface area contributed by atoms with Gasteiger partial charge in [-0.25, -0.2) is 4.79 Å². The Morgan fingerprint density at radius 1 is 1.32 bits per heavy atom. The van der Waals surface area contributed by atoms with E-state index in [-0.39, 0.29) is 0 Å². The number of carboxylic acids is 1. The summed E-state index contributed by atoms with van der Waals surface area (Å²) in [5.41, 5.74) is 0.574. The summed E-state index contributed by atoms with van der Waals surface area (Å²) in [5.74, 6) is -1.45. The summed E-state index contributed by atoms with van der Waals surface area (Å²) in [6.45, 7) is 7.05. The Kier molecular flexibility index (Phi) is 4.58. The van der Waals surface area contributed by atoms with Gasteiger partial charge in [-0.05, 0) is 36.1 Å². The van der Waals surface area contributed by atoms with Gasteiger partial charge >= 0.3 is 5.97 Å². The van der Waals surface area contributed by atoms with Crippen LogP contribution in [0.15, 0.2) is 18.2 Å². The zero-order valence-corrected chi connectivity index (χ0v) is 12.2. The quantitative estimate of drug-likeness (QED) is 0.896. The third-order valence-electron chi connectivity index (χ3n) is 2.82. The topological polar surface area (TPSA) is 66.4 Å². The van der Waals surface area contributed by atoms with Gasteiger partial charge in [0.2, 0.25) is 0 Å². The number of aliphatic carboxylic acids is 1. The molecule has 0 saturated carbocycles. The van der Waals surface area contributed by atoms with E-state index in [9.17, 15) is 14.7 Å². The molecule has 0 aliphatic rings. The first kappa shape index (κ1) is 15.5. The lowest BCUT2D eigenvalue weighted by Crippen LogP contribution is -2.49. The van der Waals surface area contributed by atoms with E-state index in [0.29, 0.717) is 16.1 Å². The number of amides is 1. The smallest absolute Gasteiger partial charge is 0.326 e. The SMILES string of the molecule is Cc1cc(Cl)ccc1C(=O)NC(C(=O)O)C(C)(C)C. The molecule has 1 aromatic carbocycles. The zero-order valence-electron chi connectivity index (χ0n) is 11.5. The number of carboxylic acid groups (broad SMARTS) is 1. The highest BCUT2D eigenvalue weighted by atomic mass is 35.5. The van der Waals surface area contributed by atoms with Gasteiger partial charge in [-0.1, -0.05) is 32.4 Å². The van der Waals surface area contributed by atoms with E-state index < -0.39 is 23.3 Å². The monoisotopic (exact) mass is 283 g/mol. The number of nitrogens with one attached hydrogen (secondary N) is 1. The highest BCUT2D eigenvalue weighted by molar-refractivity contribution is 6.30. The number of hydrogen-bond donors (Lipinski definition) is 2. The predicted octanol–water partition coefficient (Wildman–Crippen LogP) is 2.88. The van der Waals surface area contributed by atoms with Gasteiger partial charge in [0, 0.05) is 10.6 Å². The van der Waals surface area contributed by atoms with E-state index >= 15 is 0 Å². The molecule has 0 radical (unpaired) electrons. The van der Waals surface area contributed by atoms with Gasteiger partial charge in [0.1, 0.15) is 6.04 Å². The first-order chi connectivity index (χ1) is 8.62. The van der Waals surface area contributed by atoms with Crippen LogP contribution in [-0.4, -0.2) is 23.0 Å². The molecule has 0 heterocycles. The molecule has 0 aliphatic heterocycles. The Hall–Kier alpha value is -1.55. The van der Waals surface area contributed by atoms with Crippen LogP contribution in [0.3, 0.4) is 0 Å². The standard InChI is InChI=1S/C14H18ClNO3/c1-8-7-9(15)5-6-10(8)12(17)16-11(13(18)19)14(2,3)4/h5-7,11H,1-4H3,(H,16,17)(H,18,19). The maximum Gasteiger partial charge on any atom is 0.326 e. The van der Waals surface area contributed by atoms with E-state index in [4.69, 9.17) is 11.6 Å². The second-order valence-electron chi connectivity index (χ2n) is 5.57. The molecule has 0 aliphatic carbocycles. The second kappa shape index (κ2) is 5.61. The normalized spacial score (nSPS) is 12.9. The van der Waals surface area contributed by atoms with E-state index in [1.165, 1.54) is 0 Å². The van der Waals surface area contributed by atoms with Crippen LogP contribution in [0.25, 0.3) is 0 Å². The van der Waals surface area contributed by atoms with Gasteiger partial charge in [-0.2, -0.15) is 0 Å². The van der Waals surface area contributed by atoms with Gasteiger partial charge in [-0.3, -0.25) is 4.79 Å². The fraction of sp³-hybridized carbons (Fsp3) is 0.429. The number of benzene rings is 1. The largest absolute Gasteiger partial charge is 0.480 e. The molecular weight excluding hydrogens is 266 g/mol. The maximum absolute atomic E-state index is 12.1. The molecule has 1 unspecified atom stereocenters. The van der Waals surface area contributed by atoms with E-state index in [1.54, 1.807) is 45.9 Å². The molecule has 1 atom stereocenters. The Labute approximate surface area is 117 Å². The van der Waals surface area contributed by atoms with Crippen LogP contribution in [0.1, 0.15) is 36.7 Å². The summed E-state index contributed by atoms with van der Waals surface area (Å²) in [7, 11) is 0. The van der Waals surface area contributed by atoms with Crippen molar-refractivity contribution in [3.8, 4) is 0 Å². The third-order valence-corrected chi connectivity index (χ3v) is 3.06. The molecule has 0 bridgehead atoms. The minimum Gasteiger partial charge on any atom is -0.480 e. The second-order valence-corrected chi connectivity index (χ2v) is 6.01. The molecule has 1 amide bonds. The van der Waals surface area contributed by atoms with Crippen LogP contribution in [0.2, 0.25) is 5.02 Å². The predicted molar refractivity (Wildman–Crippen MR) is 74.5 cm³/mol. The van der Waals surface area contributed by atoms with Crippen molar-refractivity contribution in [3.05, 3.63) is 34.3 Å². The highest BCUT2D eigenvalue weighted by Crippen LogP contribution is 2.21. The van der Waals surface area contributed by atoms with Crippen molar-refractivity contribution in [2.75, 3.05) is 0 Å². The average Bonchev–Trinajstić information content (AvgIpc) is 2.23. The van der Waals surface area contributed by atoms with Crippen molar-refractivity contribution in [2.45, 2.75) is 33.7 Å². The average molecular weight is 284 g/mol. The van der Waals surface area contributed by atoms with Crippen molar-refractivity contribution in [1.29, 1.82) is 0 Å². The minimum atomic E-state index is -1.05. The molecule has 19 heavy (non-hydrogen) atoms. The molecule has 0 aromatic heterocycles. The molecule has 0 fully saturated rings. The Balaban J connectivity index is 2.98. The Bertz CT molecular complexity index is 506.